The fourth-order valence-corrected chi connectivity index (χ4v) is 1.62. The topological polar surface area (TPSA) is 47.6 Å². The first-order chi connectivity index (χ1) is 7.22. The van der Waals surface area contributed by atoms with Crippen molar-refractivity contribution in [2.75, 3.05) is 18.8 Å². The third-order valence-electron chi connectivity index (χ3n) is 1.89. The van der Waals surface area contributed by atoms with Crippen LogP contribution in [0.5, 0.6) is 11.5 Å². The van der Waals surface area contributed by atoms with Gasteiger partial charge in [0.1, 0.15) is 0 Å². The van der Waals surface area contributed by atoms with Crippen molar-refractivity contribution in [2.45, 2.75) is 0 Å². The van der Waals surface area contributed by atoms with Gasteiger partial charge in [-0.3, -0.25) is 0 Å². The second-order valence-corrected chi connectivity index (χ2v) is 3.76. The van der Waals surface area contributed by atoms with E-state index in [1.165, 1.54) is 22.5 Å². The van der Waals surface area contributed by atoms with Crippen LogP contribution in [0.3, 0.4) is 0 Å². The van der Waals surface area contributed by atoms with Gasteiger partial charge < -0.3 is 0 Å². The Morgan fingerprint density at radius 1 is 1.33 bits per heavy atom. The minimum absolute atomic E-state index is 0.0900. The maximum absolute atomic E-state index is 11.5. The summed E-state index contributed by atoms with van der Waals surface area (Å²) < 4.78 is 10.9. The average Bonchev–Trinajstić information content (AvgIpc) is 2.28. The van der Waals surface area contributed by atoms with Crippen LogP contribution in [-0.4, -0.2) is 47.2 Å². The fourth-order valence-electron chi connectivity index (χ4n) is 1.16. The molecule has 0 atom stereocenters. The van der Waals surface area contributed by atoms with Gasteiger partial charge in [-0.2, -0.15) is 0 Å². The van der Waals surface area contributed by atoms with Crippen molar-refractivity contribution < 1.29 is 14.3 Å². The molecular weight excluding hydrogens is 301 g/mol. The molecule has 3 radical (unpaired) electrons. The van der Waals surface area contributed by atoms with Crippen molar-refractivity contribution >= 4 is 28.4 Å². The van der Waals surface area contributed by atoms with Crippen LogP contribution < -0.4 is 14.8 Å². The van der Waals surface area contributed by atoms with E-state index >= 15 is 0 Å². The first kappa shape index (κ1) is 12.2. The van der Waals surface area contributed by atoms with Crippen LogP contribution in [0, 0.1) is 0 Å². The average molecular weight is 313 g/mol. The van der Waals surface area contributed by atoms with Crippen LogP contribution in [0.25, 0.3) is 0 Å². The Morgan fingerprint density at radius 3 is 2.53 bits per heavy atom. The second kappa shape index (κ2) is 5.85. The molecule has 0 bridgehead atoms. The molecule has 0 heterocycles. The van der Waals surface area contributed by atoms with Crippen LogP contribution in [0.4, 0.5) is 0 Å². The number of hydrogen-bond donors (Lipinski definition) is 1. The van der Waals surface area contributed by atoms with Gasteiger partial charge in [-0.25, -0.2) is 0 Å². The molecule has 0 aliphatic rings. The molecule has 5 heteroatoms. The van der Waals surface area contributed by atoms with E-state index in [4.69, 9.17) is 9.47 Å². The van der Waals surface area contributed by atoms with Gasteiger partial charge in [0.05, 0.1) is 0 Å². The molecule has 1 aromatic rings. The number of benzene rings is 1. The Labute approximate surface area is 102 Å². The zero-order valence-electron chi connectivity index (χ0n) is 8.66. The molecule has 79 valence electrons. The fraction of sp³-hybridized carbons (Fsp3) is 0.300. The summed E-state index contributed by atoms with van der Waals surface area (Å²) in [5, 5.41) is 2.76. The minimum atomic E-state index is -0.0900. The Kier molecular flexibility index (Phi) is 4.74. The van der Waals surface area contributed by atoms with E-state index < -0.39 is 0 Å². The van der Waals surface area contributed by atoms with E-state index in [1.54, 1.807) is 32.4 Å². The molecule has 0 aliphatic heterocycles. The van der Waals surface area contributed by atoms with Crippen molar-refractivity contribution in [1.82, 2.24) is 5.32 Å². The number of amides is 1. The molecule has 15 heavy (non-hydrogen) atoms. The number of nitrogens with one attached hydrogen (secondary N) is 1. The maximum atomic E-state index is 11.5. The van der Waals surface area contributed by atoms with Crippen molar-refractivity contribution in [3.8, 4) is 11.5 Å². The molecule has 0 saturated carbocycles. The summed E-state index contributed by atoms with van der Waals surface area (Å²) in [6.07, 6.45) is 0. The summed E-state index contributed by atoms with van der Waals surface area (Å²) >= 11 is 1.27. The number of methoxy groups -OCH3 is 2. The standard InChI is InChI=1S/C10H12NO3.Sn/c1-11-10(12)7-4-5-8(13-2)9(6-7)14-3;/h4-6H,1H2,2-3H3,(H,11,12);. The van der Waals surface area contributed by atoms with Crippen LogP contribution in [0.1, 0.15) is 10.4 Å². The van der Waals surface area contributed by atoms with Crippen molar-refractivity contribution in [3.63, 3.8) is 0 Å². The zero-order valence-corrected chi connectivity index (χ0v) is 11.5. The molecule has 0 aliphatic carbocycles. The van der Waals surface area contributed by atoms with E-state index in [9.17, 15) is 4.79 Å². The molecule has 0 fully saturated rings. The van der Waals surface area contributed by atoms with E-state index in [1.807, 2.05) is 0 Å². The monoisotopic (exact) mass is 314 g/mol. The van der Waals surface area contributed by atoms with Crippen LogP contribution in [0.15, 0.2) is 18.2 Å². The third kappa shape index (κ3) is 3.02. The van der Waals surface area contributed by atoms with Gasteiger partial charge in [0.25, 0.3) is 0 Å². The van der Waals surface area contributed by atoms with Crippen molar-refractivity contribution in [1.29, 1.82) is 0 Å². The summed E-state index contributed by atoms with van der Waals surface area (Å²) in [5.74, 6) is 1.10. The van der Waals surface area contributed by atoms with E-state index in [-0.39, 0.29) is 5.91 Å². The molecule has 0 saturated heterocycles. The second-order valence-electron chi connectivity index (χ2n) is 2.75. The molecule has 1 N–H and O–H groups in total. The van der Waals surface area contributed by atoms with Crippen LogP contribution in [-0.2, 0) is 0 Å². The first-order valence-corrected chi connectivity index (χ1v) is 6.39. The zero-order chi connectivity index (χ0) is 11.3. The van der Waals surface area contributed by atoms with Gasteiger partial charge in [0.2, 0.25) is 0 Å². The van der Waals surface area contributed by atoms with Gasteiger partial charge in [0.15, 0.2) is 0 Å². The summed E-state index contributed by atoms with van der Waals surface area (Å²) in [6.45, 7) is 0. The normalized spacial score (nSPS) is 9.53. The molecule has 0 aromatic heterocycles. The summed E-state index contributed by atoms with van der Waals surface area (Å²) in [6, 6.07) is 5.10. The number of carbonyl (C=O) groups excluding carboxylic acids is 1. The van der Waals surface area contributed by atoms with Crippen LogP contribution >= 0.6 is 0 Å². The predicted octanol–water partition coefficient (Wildman–Crippen LogP) is 0.560. The number of hydrogen-bond acceptors (Lipinski definition) is 3. The molecule has 4 nitrogen and oxygen atoms in total. The van der Waals surface area contributed by atoms with E-state index in [0.717, 1.165) is 0 Å². The Balaban J connectivity index is 2.97. The molecule has 1 rings (SSSR count). The molecule has 0 unspecified atom stereocenters. The predicted molar refractivity (Wildman–Crippen MR) is 57.6 cm³/mol. The Morgan fingerprint density at radius 2 is 2.00 bits per heavy atom. The van der Waals surface area contributed by atoms with Crippen molar-refractivity contribution in [2.24, 2.45) is 0 Å². The number of rotatable bonds is 4. The Hall–Kier alpha value is -0.911. The van der Waals surface area contributed by atoms with Gasteiger partial charge >= 0.3 is 102 Å². The molecule has 0 spiro atoms. The summed E-state index contributed by atoms with van der Waals surface area (Å²) in [7, 11) is 3.11. The molecule has 1 aromatic carbocycles. The van der Waals surface area contributed by atoms with E-state index in [2.05, 4.69) is 5.32 Å². The van der Waals surface area contributed by atoms with Gasteiger partial charge in [-0.1, -0.05) is 0 Å². The van der Waals surface area contributed by atoms with Gasteiger partial charge in [0, 0.05) is 0 Å². The molecular formula is C10H12NO3Sn. The van der Waals surface area contributed by atoms with Gasteiger partial charge in [-0.15, -0.1) is 0 Å². The number of ether oxygens (including phenoxy) is 2. The van der Waals surface area contributed by atoms with Crippen molar-refractivity contribution in [3.05, 3.63) is 23.8 Å². The van der Waals surface area contributed by atoms with E-state index in [0.29, 0.717) is 21.6 Å². The summed E-state index contributed by atoms with van der Waals surface area (Å²) in [4.78, 5) is 11.5. The SMILES string of the molecule is COc1ccc(C(=O)N[CH2][Sn])cc1OC. The number of carbonyl (C=O) groups is 1. The summed E-state index contributed by atoms with van der Waals surface area (Å²) in [5.41, 5.74) is 0.579. The first-order valence-electron chi connectivity index (χ1n) is 4.37. The Bertz CT molecular complexity index is 355. The third-order valence-corrected chi connectivity index (χ3v) is 2.40. The van der Waals surface area contributed by atoms with Crippen LogP contribution in [0.2, 0.25) is 0 Å². The quantitative estimate of drug-likeness (QED) is 0.827. The molecule has 1 amide bonds. The van der Waals surface area contributed by atoms with Gasteiger partial charge in [-0.05, 0) is 0 Å².